The van der Waals surface area contributed by atoms with Gasteiger partial charge in [-0.25, -0.2) is 0 Å². The molecule has 3 aliphatic rings. The first-order valence-electron chi connectivity index (χ1n) is 15.6. The number of amides is 2. The molecule has 1 aliphatic carbocycles. The Labute approximate surface area is 280 Å². The minimum Gasteiger partial charge on any atom is -0.493 e. The predicted octanol–water partition coefficient (Wildman–Crippen LogP) is 5.33. The van der Waals surface area contributed by atoms with Crippen LogP contribution >= 0.6 is 22.9 Å². The number of carbonyl (C=O) groups excluding carboxylic acids is 3. The molecule has 2 amide bonds. The standard InChI is InChI=1S/C35H33ClN6O4S/c1-18-19(2)47-35-32(18)33(21-4-7-24(36)8-5-21)39-27(34-41-40-20(3)42(34)35)17-31(45)38-26-15-25(16-26)37-30(44)11-9-28(43)22-6-10-29-23(14-22)12-13-46-29/h4-11,14,25-27H,12-13,15-17H2,1-3H3,(H,37,44)(H,38,45)/b11-9+/t25?,26?,27-/m0/s1. The molecule has 0 radical (unpaired) electrons. The predicted molar refractivity (Wildman–Crippen MR) is 180 cm³/mol. The average molecular weight is 669 g/mol. The van der Waals surface area contributed by atoms with E-state index in [2.05, 4.69) is 34.7 Å². The lowest BCUT2D eigenvalue weighted by molar-refractivity contribution is -0.123. The van der Waals surface area contributed by atoms with Crippen LogP contribution in [0.25, 0.3) is 5.00 Å². The largest absolute Gasteiger partial charge is 0.493 e. The summed E-state index contributed by atoms with van der Waals surface area (Å²) in [6.07, 6.45) is 4.61. The Morgan fingerprint density at radius 1 is 1.02 bits per heavy atom. The van der Waals surface area contributed by atoms with Crippen LogP contribution in [0, 0.1) is 20.8 Å². The van der Waals surface area contributed by atoms with Crippen LogP contribution in [0.4, 0.5) is 0 Å². The highest BCUT2D eigenvalue weighted by Crippen LogP contribution is 2.39. The first kappa shape index (κ1) is 31.0. The molecular formula is C35H33ClN6O4S. The fourth-order valence-electron chi connectivity index (χ4n) is 6.29. The molecule has 12 heteroatoms. The minimum atomic E-state index is -0.558. The first-order chi connectivity index (χ1) is 22.6. The zero-order valence-electron chi connectivity index (χ0n) is 26.2. The van der Waals surface area contributed by atoms with E-state index in [9.17, 15) is 14.4 Å². The number of ether oxygens (including phenoxy) is 1. The van der Waals surface area contributed by atoms with Crippen LogP contribution in [0.2, 0.25) is 5.02 Å². The minimum absolute atomic E-state index is 0.0799. The normalized spacial score (nSPS) is 19.5. The van der Waals surface area contributed by atoms with Gasteiger partial charge in [-0.1, -0.05) is 23.7 Å². The fourth-order valence-corrected chi connectivity index (χ4v) is 7.62. The molecule has 1 atom stereocenters. The van der Waals surface area contributed by atoms with Gasteiger partial charge in [-0.3, -0.25) is 23.9 Å². The number of allylic oxidation sites excluding steroid dienone is 1. The second-order valence-electron chi connectivity index (χ2n) is 12.2. The van der Waals surface area contributed by atoms with E-state index in [0.717, 1.165) is 51.0 Å². The van der Waals surface area contributed by atoms with Crippen LogP contribution < -0.4 is 15.4 Å². The zero-order valence-corrected chi connectivity index (χ0v) is 27.7. The first-order valence-corrected chi connectivity index (χ1v) is 16.8. The number of nitrogens with one attached hydrogen (secondary N) is 2. The Bertz CT molecular complexity index is 1970. The van der Waals surface area contributed by atoms with Crippen LogP contribution in [-0.4, -0.2) is 56.8 Å². The van der Waals surface area contributed by atoms with Gasteiger partial charge in [0.25, 0.3) is 0 Å². The molecule has 47 heavy (non-hydrogen) atoms. The number of aryl methyl sites for hydroxylation is 2. The Balaban J connectivity index is 0.995. The van der Waals surface area contributed by atoms with Crippen molar-refractivity contribution in [2.75, 3.05) is 6.61 Å². The number of hydrogen-bond acceptors (Lipinski definition) is 8. The number of aromatic nitrogens is 3. The summed E-state index contributed by atoms with van der Waals surface area (Å²) < 4.78 is 7.51. The summed E-state index contributed by atoms with van der Waals surface area (Å²) in [5, 5.41) is 16.5. The molecule has 1 fully saturated rings. The lowest BCUT2D eigenvalue weighted by atomic mass is 9.86. The molecule has 2 N–H and O–H groups in total. The van der Waals surface area contributed by atoms with Gasteiger partial charge in [0, 0.05) is 51.2 Å². The molecule has 0 bridgehead atoms. The molecule has 2 aromatic carbocycles. The molecule has 0 unspecified atom stereocenters. The number of fused-ring (bicyclic) bond motifs is 4. The molecule has 0 saturated heterocycles. The van der Waals surface area contributed by atoms with E-state index >= 15 is 0 Å². The van der Waals surface area contributed by atoms with Gasteiger partial charge in [-0.05, 0) is 81.1 Å². The lowest BCUT2D eigenvalue weighted by Crippen LogP contribution is -2.53. The highest BCUT2D eigenvalue weighted by atomic mass is 35.5. The number of carbonyl (C=O) groups is 3. The van der Waals surface area contributed by atoms with Crippen molar-refractivity contribution in [3.8, 4) is 10.8 Å². The quantitative estimate of drug-likeness (QED) is 0.193. The lowest BCUT2D eigenvalue weighted by Gasteiger charge is -2.36. The molecule has 7 rings (SSSR count). The summed E-state index contributed by atoms with van der Waals surface area (Å²) in [6, 6.07) is 12.2. The van der Waals surface area contributed by atoms with E-state index in [1.54, 1.807) is 23.5 Å². The maximum atomic E-state index is 13.4. The van der Waals surface area contributed by atoms with E-state index in [1.165, 1.54) is 17.0 Å². The van der Waals surface area contributed by atoms with Crippen LogP contribution in [-0.2, 0) is 16.0 Å². The van der Waals surface area contributed by atoms with Gasteiger partial charge in [-0.2, -0.15) is 0 Å². The van der Waals surface area contributed by atoms with Crippen molar-refractivity contribution in [1.29, 1.82) is 0 Å². The van der Waals surface area contributed by atoms with Gasteiger partial charge in [0.05, 0.1) is 18.7 Å². The average Bonchev–Trinajstić information content (AvgIpc) is 3.71. The molecule has 2 aliphatic heterocycles. The van der Waals surface area contributed by atoms with Gasteiger partial charge in [0.2, 0.25) is 11.8 Å². The smallest absolute Gasteiger partial charge is 0.244 e. The van der Waals surface area contributed by atoms with Gasteiger partial charge < -0.3 is 15.4 Å². The van der Waals surface area contributed by atoms with Crippen molar-refractivity contribution in [3.05, 3.63) is 104 Å². The Hall–Kier alpha value is -4.61. The van der Waals surface area contributed by atoms with Crippen molar-refractivity contribution >= 4 is 46.2 Å². The number of ketones is 1. The molecule has 240 valence electrons. The van der Waals surface area contributed by atoms with Crippen molar-refractivity contribution in [2.45, 2.75) is 64.6 Å². The number of benzene rings is 2. The van der Waals surface area contributed by atoms with Crippen molar-refractivity contribution in [1.82, 2.24) is 25.4 Å². The van der Waals surface area contributed by atoms with Crippen LogP contribution in [0.15, 0.2) is 59.6 Å². The van der Waals surface area contributed by atoms with E-state index in [-0.39, 0.29) is 36.1 Å². The van der Waals surface area contributed by atoms with Crippen molar-refractivity contribution in [3.63, 3.8) is 0 Å². The summed E-state index contributed by atoms with van der Waals surface area (Å²) >= 11 is 7.87. The maximum Gasteiger partial charge on any atom is 0.244 e. The molecule has 4 aromatic rings. The third-order valence-electron chi connectivity index (χ3n) is 8.95. The van der Waals surface area contributed by atoms with Gasteiger partial charge >= 0.3 is 0 Å². The van der Waals surface area contributed by atoms with E-state index in [4.69, 9.17) is 21.3 Å². The molecule has 1 saturated carbocycles. The SMILES string of the molecule is Cc1sc2c(c1C)C(c1ccc(Cl)cc1)=N[C@@H](CC(=O)NC1CC(NC(=O)/C=C/C(=O)c3ccc4c(c3)CCO4)C1)c1nnc(C)n1-2. The Kier molecular flexibility index (Phi) is 8.27. The van der Waals surface area contributed by atoms with Gasteiger partial charge in [0.15, 0.2) is 11.6 Å². The molecular weight excluding hydrogens is 636 g/mol. The number of thiophene rings is 1. The van der Waals surface area contributed by atoms with E-state index in [0.29, 0.717) is 35.9 Å². The van der Waals surface area contributed by atoms with E-state index in [1.807, 2.05) is 41.8 Å². The molecule has 0 spiro atoms. The Morgan fingerprint density at radius 3 is 2.57 bits per heavy atom. The number of aliphatic imine (C=N–C) groups is 1. The maximum absolute atomic E-state index is 13.4. The Morgan fingerprint density at radius 2 is 1.79 bits per heavy atom. The summed E-state index contributed by atoms with van der Waals surface area (Å²) in [5.74, 6) is 1.43. The second kappa shape index (κ2) is 12.5. The van der Waals surface area contributed by atoms with Crippen molar-refractivity contribution in [2.24, 2.45) is 4.99 Å². The number of hydrogen-bond donors (Lipinski definition) is 2. The number of halogens is 1. The molecule has 10 nitrogen and oxygen atoms in total. The third kappa shape index (κ3) is 6.13. The second-order valence-corrected chi connectivity index (χ2v) is 13.8. The number of rotatable bonds is 8. The van der Waals surface area contributed by atoms with Crippen LogP contribution in [0.1, 0.15) is 74.4 Å². The molecule has 4 heterocycles. The summed E-state index contributed by atoms with van der Waals surface area (Å²) in [7, 11) is 0. The van der Waals surface area contributed by atoms with Crippen LogP contribution in [0.3, 0.4) is 0 Å². The highest BCUT2D eigenvalue weighted by Gasteiger charge is 2.35. The zero-order chi connectivity index (χ0) is 32.8. The summed E-state index contributed by atoms with van der Waals surface area (Å²) in [6.45, 7) is 6.71. The fraction of sp³-hybridized carbons (Fsp3) is 0.314. The molecule has 2 aromatic heterocycles. The summed E-state index contributed by atoms with van der Waals surface area (Å²) in [5.41, 5.74) is 5.37. The topological polar surface area (TPSA) is 128 Å². The highest BCUT2D eigenvalue weighted by molar-refractivity contribution is 7.15. The monoisotopic (exact) mass is 668 g/mol. The van der Waals surface area contributed by atoms with Gasteiger partial charge in [0.1, 0.15) is 22.6 Å². The third-order valence-corrected chi connectivity index (χ3v) is 10.4. The van der Waals surface area contributed by atoms with Crippen LogP contribution in [0.5, 0.6) is 5.75 Å². The van der Waals surface area contributed by atoms with Gasteiger partial charge in [-0.15, -0.1) is 21.5 Å². The van der Waals surface area contributed by atoms with E-state index < -0.39 is 6.04 Å². The number of nitrogens with zero attached hydrogens (tertiary/aromatic N) is 4. The van der Waals surface area contributed by atoms with Crippen molar-refractivity contribution < 1.29 is 19.1 Å². The summed E-state index contributed by atoms with van der Waals surface area (Å²) in [4.78, 5) is 44.8.